The highest BCUT2D eigenvalue weighted by Gasteiger charge is 2.37. The van der Waals surface area contributed by atoms with Crippen LogP contribution in [0.2, 0.25) is 0 Å². The van der Waals surface area contributed by atoms with E-state index in [0.29, 0.717) is 24.5 Å². The van der Waals surface area contributed by atoms with Gasteiger partial charge in [0.2, 0.25) is 0 Å². The van der Waals surface area contributed by atoms with Crippen molar-refractivity contribution in [2.75, 3.05) is 13.1 Å². The maximum atomic E-state index is 13.9. The van der Waals surface area contributed by atoms with Crippen LogP contribution in [0.25, 0.3) is 55.6 Å². The van der Waals surface area contributed by atoms with E-state index in [1.807, 2.05) is 24.3 Å². The topological polar surface area (TPSA) is 86.4 Å². The van der Waals surface area contributed by atoms with Gasteiger partial charge in [0.05, 0.1) is 41.4 Å². The zero-order valence-corrected chi connectivity index (χ0v) is 20.6. The van der Waals surface area contributed by atoms with E-state index in [1.54, 1.807) is 42.0 Å². The Morgan fingerprint density at radius 3 is 2.64 bits per heavy atom. The number of hydrogen-bond acceptors (Lipinski definition) is 5. The fourth-order valence-corrected chi connectivity index (χ4v) is 5.26. The highest BCUT2D eigenvalue weighted by Crippen LogP contribution is 2.35. The van der Waals surface area contributed by atoms with Crippen LogP contribution in [0, 0.1) is 5.82 Å². The summed E-state index contributed by atoms with van der Waals surface area (Å²) < 4.78 is 41.2. The van der Waals surface area contributed by atoms with Crippen molar-refractivity contribution >= 4 is 21.8 Å². The number of hydrogen-bond donors (Lipinski definition) is 2. The normalized spacial score (nSPS) is 15.5. The van der Waals surface area contributed by atoms with Crippen LogP contribution >= 0.6 is 0 Å². The molecule has 1 aliphatic rings. The minimum absolute atomic E-state index is 0.116. The Kier molecular flexibility index (Phi) is 5.44. The number of aromatic amines is 2. The van der Waals surface area contributed by atoms with Gasteiger partial charge < -0.3 is 4.98 Å². The molecule has 6 heterocycles. The summed E-state index contributed by atoms with van der Waals surface area (Å²) in [6.07, 6.45) is 8.48. The molecule has 1 fully saturated rings. The van der Waals surface area contributed by atoms with Crippen molar-refractivity contribution in [1.82, 2.24) is 35.0 Å². The summed E-state index contributed by atoms with van der Waals surface area (Å²) in [5, 5.41) is 9.34. The van der Waals surface area contributed by atoms with Gasteiger partial charge in [-0.25, -0.2) is 13.2 Å². The molecule has 1 saturated heterocycles. The van der Waals surface area contributed by atoms with Gasteiger partial charge in [-0.1, -0.05) is 12.1 Å². The van der Waals surface area contributed by atoms with Gasteiger partial charge in [0.25, 0.3) is 5.92 Å². The van der Waals surface area contributed by atoms with Crippen LogP contribution in [0.1, 0.15) is 12.0 Å². The van der Waals surface area contributed by atoms with Gasteiger partial charge >= 0.3 is 0 Å². The quantitative estimate of drug-likeness (QED) is 0.280. The fourth-order valence-electron chi connectivity index (χ4n) is 5.26. The Hall–Kier alpha value is -4.57. The molecular weight excluding hydrogens is 503 g/mol. The summed E-state index contributed by atoms with van der Waals surface area (Å²) in [5.74, 6) is -2.94. The third kappa shape index (κ3) is 4.42. The standard InChI is InChI=1S/C29H22F3N7/c30-20-3-1-2-18(7-20)23-12-34-13-26-21(23)8-25(36-26)28-22-9-24(35-14-27(22)37-38-28)19-6-17(10-33-11-19)15-39-5-4-29(31,32)16-39/h1-3,6-14,36H,4-5,15-16H2,(H,37,38). The van der Waals surface area contributed by atoms with Crippen LogP contribution in [0.5, 0.6) is 0 Å². The van der Waals surface area contributed by atoms with Crippen molar-refractivity contribution in [2.45, 2.75) is 18.9 Å². The summed E-state index contributed by atoms with van der Waals surface area (Å²) in [6, 6.07) is 12.3. The van der Waals surface area contributed by atoms with Crippen molar-refractivity contribution in [3.63, 3.8) is 0 Å². The molecule has 7 rings (SSSR count). The maximum Gasteiger partial charge on any atom is 0.261 e. The number of fused-ring (bicyclic) bond motifs is 2. The first-order valence-corrected chi connectivity index (χ1v) is 12.5. The number of H-pyrrole nitrogens is 2. The van der Waals surface area contributed by atoms with Crippen LogP contribution in [0.4, 0.5) is 13.2 Å². The van der Waals surface area contributed by atoms with Gasteiger partial charge in [0.15, 0.2) is 0 Å². The second-order valence-corrected chi connectivity index (χ2v) is 9.93. The van der Waals surface area contributed by atoms with E-state index in [-0.39, 0.29) is 18.8 Å². The van der Waals surface area contributed by atoms with Gasteiger partial charge in [-0.3, -0.25) is 25.0 Å². The number of pyridine rings is 3. The Morgan fingerprint density at radius 1 is 0.897 bits per heavy atom. The van der Waals surface area contributed by atoms with E-state index in [2.05, 4.69) is 30.1 Å². The molecule has 0 unspecified atom stereocenters. The number of rotatable bonds is 5. The molecule has 0 saturated carbocycles. The van der Waals surface area contributed by atoms with E-state index < -0.39 is 5.92 Å². The van der Waals surface area contributed by atoms with Gasteiger partial charge in [0, 0.05) is 60.0 Å². The molecule has 2 N–H and O–H groups in total. The highest BCUT2D eigenvalue weighted by atomic mass is 19.3. The molecule has 1 aromatic carbocycles. The lowest BCUT2D eigenvalue weighted by molar-refractivity contribution is 0.0115. The molecule has 0 atom stereocenters. The zero-order valence-electron chi connectivity index (χ0n) is 20.6. The molecule has 10 heteroatoms. The molecule has 1 aliphatic heterocycles. The summed E-state index contributed by atoms with van der Waals surface area (Å²) in [5.41, 5.74) is 6.95. The number of aromatic nitrogens is 6. The minimum atomic E-state index is -2.63. The Labute approximate surface area is 220 Å². The van der Waals surface area contributed by atoms with E-state index in [1.165, 1.54) is 12.1 Å². The number of likely N-dealkylation sites (tertiary alicyclic amines) is 1. The second-order valence-electron chi connectivity index (χ2n) is 9.93. The van der Waals surface area contributed by atoms with E-state index in [9.17, 15) is 13.2 Å². The molecule has 7 nitrogen and oxygen atoms in total. The first kappa shape index (κ1) is 23.5. The summed E-state index contributed by atoms with van der Waals surface area (Å²) in [7, 11) is 0. The summed E-state index contributed by atoms with van der Waals surface area (Å²) in [4.78, 5) is 18.4. The second kappa shape index (κ2) is 9.02. The summed E-state index contributed by atoms with van der Waals surface area (Å²) in [6.45, 7) is 0.536. The summed E-state index contributed by atoms with van der Waals surface area (Å²) >= 11 is 0. The Morgan fingerprint density at radius 2 is 1.79 bits per heavy atom. The number of halogens is 3. The third-order valence-electron chi connectivity index (χ3n) is 7.13. The highest BCUT2D eigenvalue weighted by molar-refractivity contribution is 6.01. The van der Waals surface area contributed by atoms with Crippen LogP contribution in [-0.2, 0) is 6.54 Å². The molecular formula is C29H22F3N7. The molecule has 6 aromatic rings. The molecule has 0 bridgehead atoms. The number of nitrogens with zero attached hydrogens (tertiary/aromatic N) is 5. The third-order valence-corrected chi connectivity index (χ3v) is 7.13. The molecule has 194 valence electrons. The zero-order chi connectivity index (χ0) is 26.6. The van der Waals surface area contributed by atoms with Crippen LogP contribution in [0.15, 0.2) is 73.4 Å². The van der Waals surface area contributed by atoms with Crippen LogP contribution < -0.4 is 0 Å². The number of nitrogens with one attached hydrogen (secondary N) is 2. The minimum Gasteiger partial charge on any atom is -0.352 e. The van der Waals surface area contributed by atoms with Gasteiger partial charge in [-0.15, -0.1) is 0 Å². The Balaban J connectivity index is 1.25. The predicted molar refractivity (Wildman–Crippen MR) is 142 cm³/mol. The van der Waals surface area contributed by atoms with Gasteiger partial charge in [-0.05, 0) is 41.5 Å². The van der Waals surface area contributed by atoms with Crippen molar-refractivity contribution in [2.24, 2.45) is 0 Å². The van der Waals surface area contributed by atoms with E-state index in [0.717, 1.165) is 49.8 Å². The average molecular weight is 526 g/mol. The molecule has 39 heavy (non-hydrogen) atoms. The molecule has 5 aromatic heterocycles. The fraction of sp³-hybridized carbons (Fsp3) is 0.172. The first-order valence-electron chi connectivity index (χ1n) is 12.5. The lowest BCUT2D eigenvalue weighted by atomic mass is 10.0. The number of alkyl halides is 2. The smallest absolute Gasteiger partial charge is 0.261 e. The Bertz CT molecular complexity index is 1840. The molecule has 0 amide bonds. The monoisotopic (exact) mass is 525 g/mol. The molecule has 0 radical (unpaired) electrons. The first-order chi connectivity index (χ1) is 18.9. The lowest BCUT2D eigenvalue weighted by Gasteiger charge is -2.15. The lowest BCUT2D eigenvalue weighted by Crippen LogP contribution is -2.24. The maximum absolute atomic E-state index is 13.9. The van der Waals surface area contributed by atoms with Gasteiger partial charge in [0.1, 0.15) is 11.5 Å². The van der Waals surface area contributed by atoms with Crippen molar-refractivity contribution in [1.29, 1.82) is 0 Å². The molecule has 0 aliphatic carbocycles. The van der Waals surface area contributed by atoms with Crippen molar-refractivity contribution < 1.29 is 13.2 Å². The average Bonchev–Trinajstić information content (AvgIpc) is 3.64. The van der Waals surface area contributed by atoms with E-state index >= 15 is 0 Å². The predicted octanol–water partition coefficient (Wildman–Crippen LogP) is 6.21. The largest absolute Gasteiger partial charge is 0.352 e. The van der Waals surface area contributed by atoms with Crippen molar-refractivity contribution in [3.8, 4) is 33.8 Å². The van der Waals surface area contributed by atoms with Gasteiger partial charge in [-0.2, -0.15) is 5.10 Å². The van der Waals surface area contributed by atoms with E-state index in [4.69, 9.17) is 0 Å². The van der Waals surface area contributed by atoms with Crippen LogP contribution in [0.3, 0.4) is 0 Å². The number of benzene rings is 1. The van der Waals surface area contributed by atoms with Crippen molar-refractivity contribution in [3.05, 3.63) is 84.8 Å². The van der Waals surface area contributed by atoms with Crippen LogP contribution in [-0.4, -0.2) is 54.0 Å². The molecule has 0 spiro atoms. The SMILES string of the molecule is Fc1cccc(-c2cncc3[nH]c(-c4n[nH]c5cnc(-c6cncc(CN7CCC(F)(F)C7)c6)cc45)cc23)c1.